The van der Waals surface area contributed by atoms with Crippen LogP contribution in [-0.2, 0) is 0 Å². The maximum Gasteiger partial charge on any atom is 0.126 e. The molecule has 1 aromatic heterocycles. The van der Waals surface area contributed by atoms with Gasteiger partial charge in [0.25, 0.3) is 0 Å². The fraction of sp³-hybridized carbons (Fsp3) is 0. The summed E-state index contributed by atoms with van der Waals surface area (Å²) in [5.41, 5.74) is 16.8. The Morgan fingerprint density at radius 2 is 1.88 bits per heavy atom. The van der Waals surface area contributed by atoms with Crippen molar-refractivity contribution in [2.75, 3.05) is 17.2 Å². The molecular formula is C4H8N4. The maximum absolute atomic E-state index is 5.32. The lowest BCUT2D eigenvalue weighted by Crippen LogP contribution is -1.93. The van der Waals surface area contributed by atoms with Crippen LogP contribution >= 0.6 is 0 Å². The van der Waals surface area contributed by atoms with Gasteiger partial charge in [0, 0.05) is 6.20 Å². The molecule has 8 heavy (non-hydrogen) atoms. The van der Waals surface area contributed by atoms with Crippen molar-refractivity contribution in [3.05, 3.63) is 6.20 Å². The van der Waals surface area contributed by atoms with Crippen molar-refractivity contribution >= 4 is 17.2 Å². The molecule has 0 aliphatic carbocycles. The number of nitrogens with two attached hydrogens (primary N) is 3. The topological polar surface area (TPSA) is 93.8 Å². The molecule has 4 heteroatoms. The Balaban J connectivity index is 3.19. The standard InChI is InChI=1S/C4H8N4/c5-2-1-8-4(7)3(2)6/h1,8H,5-7H2. The molecule has 0 amide bonds. The first kappa shape index (κ1) is 4.83. The second-order valence-corrected chi connectivity index (χ2v) is 1.57. The van der Waals surface area contributed by atoms with Crippen LogP contribution in [0.25, 0.3) is 0 Å². The van der Waals surface area contributed by atoms with E-state index < -0.39 is 0 Å². The summed E-state index contributed by atoms with van der Waals surface area (Å²) in [6.45, 7) is 0. The van der Waals surface area contributed by atoms with Gasteiger partial charge in [-0.1, -0.05) is 0 Å². The number of rotatable bonds is 0. The van der Waals surface area contributed by atoms with Gasteiger partial charge in [-0.25, -0.2) is 0 Å². The number of anilines is 3. The van der Waals surface area contributed by atoms with Gasteiger partial charge < -0.3 is 22.2 Å². The number of nitrogen functional groups attached to an aromatic ring is 3. The fourth-order valence-electron chi connectivity index (χ4n) is 0.467. The van der Waals surface area contributed by atoms with E-state index in [2.05, 4.69) is 4.98 Å². The zero-order valence-corrected chi connectivity index (χ0v) is 4.31. The minimum Gasteiger partial charge on any atom is -0.396 e. The predicted molar refractivity (Wildman–Crippen MR) is 34.0 cm³/mol. The minimum atomic E-state index is 0.433. The molecule has 1 heterocycles. The van der Waals surface area contributed by atoms with E-state index in [0.29, 0.717) is 17.2 Å². The second kappa shape index (κ2) is 1.33. The SMILES string of the molecule is Nc1c[nH]c(N)c1N. The van der Waals surface area contributed by atoms with Gasteiger partial charge in [0.15, 0.2) is 0 Å². The van der Waals surface area contributed by atoms with E-state index >= 15 is 0 Å². The van der Waals surface area contributed by atoms with E-state index in [1.54, 1.807) is 6.20 Å². The normalized spacial score (nSPS) is 9.50. The van der Waals surface area contributed by atoms with E-state index in [-0.39, 0.29) is 0 Å². The number of nitrogens with one attached hydrogen (secondary N) is 1. The number of hydrogen-bond acceptors (Lipinski definition) is 3. The van der Waals surface area contributed by atoms with Crippen molar-refractivity contribution in [3.63, 3.8) is 0 Å². The Bertz CT molecular complexity index is 170. The average molecular weight is 112 g/mol. The van der Waals surface area contributed by atoms with Crippen LogP contribution in [0.3, 0.4) is 0 Å². The van der Waals surface area contributed by atoms with E-state index in [4.69, 9.17) is 17.2 Å². The Labute approximate surface area is 46.7 Å². The lowest BCUT2D eigenvalue weighted by molar-refractivity contribution is 1.42. The van der Waals surface area contributed by atoms with E-state index in [1.165, 1.54) is 0 Å². The molecule has 0 aromatic carbocycles. The highest BCUT2D eigenvalue weighted by Crippen LogP contribution is 2.19. The lowest BCUT2D eigenvalue weighted by Gasteiger charge is -1.87. The van der Waals surface area contributed by atoms with Crippen LogP contribution < -0.4 is 17.2 Å². The summed E-state index contributed by atoms with van der Waals surface area (Å²) in [6.07, 6.45) is 1.56. The first-order valence-electron chi connectivity index (χ1n) is 2.19. The van der Waals surface area contributed by atoms with Crippen LogP contribution in [0.1, 0.15) is 0 Å². The molecule has 4 nitrogen and oxygen atoms in total. The molecular weight excluding hydrogens is 104 g/mol. The van der Waals surface area contributed by atoms with Gasteiger partial charge in [0.2, 0.25) is 0 Å². The smallest absolute Gasteiger partial charge is 0.126 e. The summed E-state index contributed by atoms with van der Waals surface area (Å²) < 4.78 is 0. The fourth-order valence-corrected chi connectivity index (χ4v) is 0.467. The van der Waals surface area contributed by atoms with Gasteiger partial charge in [0.05, 0.1) is 11.4 Å². The summed E-state index contributed by atoms with van der Waals surface area (Å²) in [7, 11) is 0. The summed E-state index contributed by atoms with van der Waals surface area (Å²) >= 11 is 0. The molecule has 0 saturated heterocycles. The van der Waals surface area contributed by atoms with Crippen LogP contribution in [0.2, 0.25) is 0 Å². The number of aromatic amines is 1. The second-order valence-electron chi connectivity index (χ2n) is 1.57. The van der Waals surface area contributed by atoms with Crippen LogP contribution in [-0.4, -0.2) is 4.98 Å². The van der Waals surface area contributed by atoms with E-state index in [9.17, 15) is 0 Å². The Morgan fingerprint density at radius 3 is 2.00 bits per heavy atom. The highest BCUT2D eigenvalue weighted by molar-refractivity contribution is 5.74. The molecule has 44 valence electrons. The lowest BCUT2D eigenvalue weighted by atomic mass is 10.4. The monoisotopic (exact) mass is 112 g/mol. The van der Waals surface area contributed by atoms with Crippen LogP contribution in [0.15, 0.2) is 6.20 Å². The summed E-state index contributed by atoms with van der Waals surface area (Å²) in [5, 5.41) is 0. The van der Waals surface area contributed by atoms with Gasteiger partial charge in [-0.05, 0) is 0 Å². The van der Waals surface area contributed by atoms with Crippen molar-refractivity contribution in [2.45, 2.75) is 0 Å². The number of aromatic nitrogens is 1. The van der Waals surface area contributed by atoms with Crippen molar-refractivity contribution in [3.8, 4) is 0 Å². The van der Waals surface area contributed by atoms with Gasteiger partial charge >= 0.3 is 0 Å². The molecule has 1 aromatic rings. The minimum absolute atomic E-state index is 0.433. The van der Waals surface area contributed by atoms with Crippen molar-refractivity contribution in [1.82, 2.24) is 4.98 Å². The molecule has 0 radical (unpaired) electrons. The number of H-pyrrole nitrogens is 1. The largest absolute Gasteiger partial charge is 0.396 e. The summed E-state index contributed by atoms with van der Waals surface area (Å²) in [6, 6.07) is 0. The third-order valence-corrected chi connectivity index (χ3v) is 0.984. The molecule has 0 atom stereocenters. The van der Waals surface area contributed by atoms with Crippen molar-refractivity contribution < 1.29 is 0 Å². The highest BCUT2D eigenvalue weighted by Gasteiger charge is 1.97. The van der Waals surface area contributed by atoms with Crippen LogP contribution in [0.4, 0.5) is 17.2 Å². The molecule has 7 N–H and O–H groups in total. The first-order chi connectivity index (χ1) is 3.72. The molecule has 0 aliphatic rings. The highest BCUT2D eigenvalue weighted by atomic mass is 14.9. The molecule has 0 bridgehead atoms. The average Bonchev–Trinajstić information content (AvgIpc) is 1.98. The molecule has 0 fully saturated rings. The third kappa shape index (κ3) is 0.465. The molecule has 0 saturated carbocycles. The van der Waals surface area contributed by atoms with E-state index in [0.717, 1.165) is 0 Å². The maximum atomic E-state index is 5.32. The molecule has 0 aliphatic heterocycles. The quantitative estimate of drug-likeness (QED) is 0.373. The molecule has 1 rings (SSSR count). The Kier molecular flexibility index (Phi) is 0.802. The van der Waals surface area contributed by atoms with Crippen molar-refractivity contribution in [1.29, 1.82) is 0 Å². The zero-order chi connectivity index (χ0) is 6.15. The first-order valence-corrected chi connectivity index (χ1v) is 2.19. The third-order valence-electron chi connectivity index (χ3n) is 0.984. The summed E-state index contributed by atoms with van der Waals surface area (Å²) in [4.78, 5) is 2.66. The summed E-state index contributed by atoms with van der Waals surface area (Å²) in [5.74, 6) is 0.433. The van der Waals surface area contributed by atoms with E-state index in [1.807, 2.05) is 0 Å². The molecule has 0 unspecified atom stereocenters. The van der Waals surface area contributed by atoms with Gasteiger partial charge in [-0.2, -0.15) is 0 Å². The Morgan fingerprint density at radius 1 is 1.25 bits per heavy atom. The predicted octanol–water partition coefficient (Wildman–Crippen LogP) is -0.239. The van der Waals surface area contributed by atoms with Crippen LogP contribution in [0, 0.1) is 0 Å². The van der Waals surface area contributed by atoms with Gasteiger partial charge in [-0.15, -0.1) is 0 Å². The van der Waals surface area contributed by atoms with Crippen LogP contribution in [0.5, 0.6) is 0 Å². The Hall–Kier alpha value is -1.32. The molecule has 0 spiro atoms. The number of hydrogen-bond donors (Lipinski definition) is 4. The van der Waals surface area contributed by atoms with Gasteiger partial charge in [0.1, 0.15) is 5.82 Å². The zero-order valence-electron chi connectivity index (χ0n) is 4.31. The van der Waals surface area contributed by atoms with Crippen molar-refractivity contribution in [2.24, 2.45) is 0 Å². The van der Waals surface area contributed by atoms with Gasteiger partial charge in [-0.3, -0.25) is 0 Å².